The fourth-order valence-electron chi connectivity index (χ4n) is 6.16. The van der Waals surface area contributed by atoms with E-state index in [0.717, 1.165) is 54.6 Å². The van der Waals surface area contributed by atoms with Crippen LogP contribution in [0.1, 0.15) is 30.4 Å². The van der Waals surface area contributed by atoms with Gasteiger partial charge in [-0.1, -0.05) is 0 Å². The van der Waals surface area contributed by atoms with Crippen LogP contribution >= 0.6 is 0 Å². The van der Waals surface area contributed by atoms with Gasteiger partial charge in [0.2, 0.25) is 10.0 Å². The molecule has 3 atom stereocenters. The van der Waals surface area contributed by atoms with Crippen LogP contribution in [0.4, 0.5) is 0 Å². The van der Waals surface area contributed by atoms with E-state index in [4.69, 9.17) is 14.2 Å². The van der Waals surface area contributed by atoms with E-state index >= 15 is 0 Å². The number of likely N-dealkylation sites (tertiary alicyclic amines) is 1. The van der Waals surface area contributed by atoms with Crippen LogP contribution < -0.4 is 18.9 Å². The SMILES string of the molecule is COc1ccc2ncc(C#N)c(CCN3CC4CC(NS(=O)(=O)c5ccc6c(c5)OCCO6)CC3C4)c2c1. The van der Waals surface area contributed by atoms with Crippen LogP contribution in [0.5, 0.6) is 17.2 Å². The van der Waals surface area contributed by atoms with Gasteiger partial charge in [0.1, 0.15) is 25.0 Å². The number of rotatable bonds is 7. The second-order valence-electron chi connectivity index (χ2n) is 10.2. The zero-order chi connectivity index (χ0) is 26.3. The maximum Gasteiger partial charge on any atom is 0.240 e. The third kappa shape index (κ3) is 4.77. The highest BCUT2D eigenvalue weighted by Gasteiger charge is 2.40. The van der Waals surface area contributed by atoms with Crippen LogP contribution in [0.25, 0.3) is 10.9 Å². The van der Waals surface area contributed by atoms with Crippen molar-refractivity contribution in [1.82, 2.24) is 14.6 Å². The Morgan fingerprint density at radius 1 is 1.13 bits per heavy atom. The van der Waals surface area contributed by atoms with Crippen molar-refractivity contribution in [3.05, 3.63) is 53.7 Å². The van der Waals surface area contributed by atoms with Crippen molar-refractivity contribution < 1.29 is 22.6 Å². The Kier molecular flexibility index (Phi) is 6.60. The number of nitrogens with one attached hydrogen (secondary N) is 1. The lowest BCUT2D eigenvalue weighted by Crippen LogP contribution is -2.42. The third-order valence-corrected chi connectivity index (χ3v) is 9.41. The summed E-state index contributed by atoms with van der Waals surface area (Å²) < 4.78 is 45.8. The first-order chi connectivity index (χ1) is 18.4. The second-order valence-corrected chi connectivity index (χ2v) is 12.0. The summed E-state index contributed by atoms with van der Waals surface area (Å²) in [6.45, 7) is 2.60. The summed E-state index contributed by atoms with van der Waals surface area (Å²) in [6.07, 6.45) is 5.01. The topological polar surface area (TPSA) is 114 Å². The first kappa shape index (κ1) is 24.9. The Morgan fingerprint density at radius 3 is 2.79 bits per heavy atom. The molecule has 1 aliphatic carbocycles. The van der Waals surface area contributed by atoms with Crippen molar-refractivity contribution in [2.24, 2.45) is 5.92 Å². The van der Waals surface area contributed by atoms with Gasteiger partial charge in [-0.25, -0.2) is 13.1 Å². The fraction of sp³-hybridized carbons (Fsp3) is 0.429. The first-order valence-corrected chi connectivity index (χ1v) is 14.4. The molecule has 9 nitrogen and oxygen atoms in total. The molecular formula is C28H30N4O5S. The molecule has 3 unspecified atom stereocenters. The number of benzene rings is 2. The number of fused-ring (bicyclic) bond motifs is 4. The number of nitriles is 1. The maximum atomic E-state index is 13.2. The lowest BCUT2D eigenvalue weighted by Gasteiger charge is -2.30. The predicted octanol–water partition coefficient (Wildman–Crippen LogP) is 3.26. The summed E-state index contributed by atoms with van der Waals surface area (Å²) in [6, 6.07) is 13.0. The molecule has 3 aromatic rings. The van der Waals surface area contributed by atoms with Crippen molar-refractivity contribution in [3.8, 4) is 23.3 Å². The molecule has 0 amide bonds. The minimum atomic E-state index is -3.68. The van der Waals surface area contributed by atoms with Crippen molar-refractivity contribution in [3.63, 3.8) is 0 Å². The molecular weight excluding hydrogens is 504 g/mol. The number of pyridine rings is 1. The number of methoxy groups -OCH3 is 1. The molecule has 1 saturated heterocycles. The number of hydrogen-bond donors (Lipinski definition) is 1. The van der Waals surface area contributed by atoms with Gasteiger partial charge in [-0.2, -0.15) is 5.26 Å². The van der Waals surface area contributed by atoms with E-state index in [-0.39, 0.29) is 10.9 Å². The number of aromatic nitrogens is 1. The summed E-state index contributed by atoms with van der Waals surface area (Å²) in [5.41, 5.74) is 2.40. The average molecular weight is 535 g/mol. The van der Waals surface area contributed by atoms with Crippen molar-refractivity contribution in [2.45, 2.75) is 42.7 Å². The van der Waals surface area contributed by atoms with Gasteiger partial charge in [0.25, 0.3) is 0 Å². The molecule has 2 aliphatic heterocycles. The molecule has 1 saturated carbocycles. The van der Waals surface area contributed by atoms with E-state index in [1.54, 1.807) is 31.5 Å². The van der Waals surface area contributed by atoms with Gasteiger partial charge in [0.05, 0.1) is 23.1 Å². The first-order valence-electron chi connectivity index (χ1n) is 13.0. The number of sulfonamides is 1. The molecule has 6 rings (SSSR count). The maximum absolute atomic E-state index is 13.2. The Morgan fingerprint density at radius 2 is 1.97 bits per heavy atom. The lowest BCUT2D eigenvalue weighted by atomic mass is 9.87. The van der Waals surface area contributed by atoms with Crippen molar-refractivity contribution >= 4 is 20.9 Å². The molecule has 3 aliphatic rings. The number of nitrogens with zero attached hydrogens (tertiary/aromatic N) is 3. The van der Waals surface area contributed by atoms with Crippen LogP contribution in [-0.2, 0) is 16.4 Å². The molecule has 198 valence electrons. The molecule has 1 N–H and O–H groups in total. The summed E-state index contributed by atoms with van der Waals surface area (Å²) >= 11 is 0. The second kappa shape index (κ2) is 10.1. The summed E-state index contributed by atoms with van der Waals surface area (Å²) in [5, 5.41) is 10.7. The van der Waals surface area contributed by atoms with Gasteiger partial charge in [0.15, 0.2) is 11.5 Å². The van der Waals surface area contributed by atoms with Crippen molar-refractivity contribution in [2.75, 3.05) is 33.4 Å². The normalized spacial score (nSPS) is 22.8. The zero-order valence-electron chi connectivity index (χ0n) is 21.2. The molecule has 10 heteroatoms. The highest BCUT2D eigenvalue weighted by Crippen LogP contribution is 2.37. The van der Waals surface area contributed by atoms with Crippen LogP contribution in [0.3, 0.4) is 0 Å². The molecule has 38 heavy (non-hydrogen) atoms. The number of ether oxygens (including phenoxy) is 3. The van der Waals surface area contributed by atoms with E-state index in [2.05, 4.69) is 20.7 Å². The largest absolute Gasteiger partial charge is 0.497 e. The van der Waals surface area contributed by atoms with E-state index in [9.17, 15) is 13.7 Å². The average Bonchev–Trinajstić information content (AvgIpc) is 3.23. The minimum absolute atomic E-state index is 0.123. The predicted molar refractivity (Wildman–Crippen MR) is 141 cm³/mol. The lowest BCUT2D eigenvalue weighted by molar-refractivity contribution is 0.171. The molecule has 1 aromatic heterocycles. The van der Waals surface area contributed by atoms with Gasteiger partial charge in [0, 0.05) is 42.8 Å². The van der Waals surface area contributed by atoms with Gasteiger partial charge in [-0.15, -0.1) is 0 Å². The highest BCUT2D eigenvalue weighted by atomic mass is 32.2. The van der Waals surface area contributed by atoms with Gasteiger partial charge < -0.3 is 14.2 Å². The van der Waals surface area contributed by atoms with Crippen LogP contribution in [0.2, 0.25) is 0 Å². The Hall–Kier alpha value is -3.39. The quantitative estimate of drug-likeness (QED) is 0.491. The summed E-state index contributed by atoms with van der Waals surface area (Å²) in [7, 11) is -2.05. The fourth-order valence-corrected chi connectivity index (χ4v) is 7.43. The van der Waals surface area contributed by atoms with Gasteiger partial charge >= 0.3 is 0 Å². The summed E-state index contributed by atoms with van der Waals surface area (Å²) in [4.78, 5) is 7.09. The monoisotopic (exact) mass is 534 g/mol. The smallest absolute Gasteiger partial charge is 0.240 e. The molecule has 0 radical (unpaired) electrons. The molecule has 2 fully saturated rings. The van der Waals surface area contributed by atoms with E-state index in [0.29, 0.717) is 48.7 Å². The van der Waals surface area contributed by atoms with E-state index in [1.165, 1.54) is 0 Å². The zero-order valence-corrected chi connectivity index (χ0v) is 22.0. The molecule has 2 aromatic carbocycles. The van der Waals surface area contributed by atoms with E-state index in [1.807, 2.05) is 18.2 Å². The summed E-state index contributed by atoms with van der Waals surface area (Å²) in [5.74, 6) is 2.21. The third-order valence-electron chi connectivity index (χ3n) is 7.89. The Labute approximate surface area is 222 Å². The molecule has 0 spiro atoms. The number of hydrogen-bond acceptors (Lipinski definition) is 8. The van der Waals surface area contributed by atoms with Crippen LogP contribution in [-0.4, -0.2) is 63.8 Å². The van der Waals surface area contributed by atoms with E-state index < -0.39 is 10.0 Å². The van der Waals surface area contributed by atoms with Crippen LogP contribution in [0.15, 0.2) is 47.5 Å². The van der Waals surface area contributed by atoms with Gasteiger partial charge in [-0.05, 0) is 67.5 Å². The Bertz CT molecular complexity index is 1520. The Balaban J connectivity index is 1.15. The standard InChI is InChI=1S/C28H30N4O5S/c1-35-22-2-4-26-25(13-22)24(19(15-29)16-30-26)6-7-32-17-18-10-20(12-21(32)11-18)31-38(33,34)23-3-5-27-28(14-23)37-9-8-36-27/h2-5,13-14,16,18,20-21,31H,6-12,17H2,1H3. The minimum Gasteiger partial charge on any atom is -0.497 e. The molecule has 2 bridgehead atoms. The van der Waals surface area contributed by atoms with Crippen LogP contribution in [0, 0.1) is 17.2 Å². The van der Waals surface area contributed by atoms with Crippen molar-refractivity contribution in [1.29, 1.82) is 5.26 Å². The van der Waals surface area contributed by atoms with Gasteiger partial charge in [-0.3, -0.25) is 9.88 Å². The highest BCUT2D eigenvalue weighted by molar-refractivity contribution is 7.89. The molecule has 3 heterocycles.